The molecule has 6 aromatic rings. The van der Waals surface area contributed by atoms with Gasteiger partial charge >= 0.3 is 0 Å². The Morgan fingerprint density at radius 1 is 0.471 bits per heavy atom. The molecule has 0 unspecified atom stereocenters. The van der Waals surface area contributed by atoms with Gasteiger partial charge in [0.15, 0.2) is 0 Å². The lowest BCUT2D eigenvalue weighted by molar-refractivity contribution is 0.867. The van der Waals surface area contributed by atoms with Crippen molar-refractivity contribution >= 4 is 21.8 Å². The summed E-state index contributed by atoms with van der Waals surface area (Å²) < 4.78 is 2.36. The van der Waals surface area contributed by atoms with Gasteiger partial charge in [0.2, 0.25) is 0 Å². The van der Waals surface area contributed by atoms with Crippen molar-refractivity contribution < 1.29 is 0 Å². The molecular formula is C33H27N. The minimum atomic E-state index is 0.546. The SMILES string of the molecule is CC(C)c1ccc(-c2cccc(-c3ccc4c(c3)c3ccccc3n4-c3ccccc3)c2)cc1. The summed E-state index contributed by atoms with van der Waals surface area (Å²) in [5.74, 6) is 0.546. The first kappa shape index (κ1) is 20.5. The Hall–Kier alpha value is -4.10. The highest BCUT2D eigenvalue weighted by Crippen LogP contribution is 2.35. The molecular weight excluding hydrogens is 410 g/mol. The van der Waals surface area contributed by atoms with Crippen LogP contribution < -0.4 is 0 Å². The Bertz CT molecular complexity index is 1600. The van der Waals surface area contributed by atoms with Gasteiger partial charge in [-0.2, -0.15) is 0 Å². The number of fused-ring (bicyclic) bond motifs is 3. The van der Waals surface area contributed by atoms with E-state index in [2.05, 4.69) is 140 Å². The van der Waals surface area contributed by atoms with Crippen LogP contribution in [0.3, 0.4) is 0 Å². The smallest absolute Gasteiger partial charge is 0.0541 e. The van der Waals surface area contributed by atoms with Crippen LogP contribution in [-0.2, 0) is 0 Å². The van der Waals surface area contributed by atoms with Crippen LogP contribution >= 0.6 is 0 Å². The predicted octanol–water partition coefficient (Wildman–Crippen LogP) is 9.24. The van der Waals surface area contributed by atoms with E-state index >= 15 is 0 Å². The predicted molar refractivity (Wildman–Crippen MR) is 146 cm³/mol. The van der Waals surface area contributed by atoms with Gasteiger partial charge in [-0.1, -0.05) is 98.8 Å². The van der Waals surface area contributed by atoms with Gasteiger partial charge in [0, 0.05) is 16.5 Å². The molecule has 0 aliphatic carbocycles. The minimum absolute atomic E-state index is 0.546. The van der Waals surface area contributed by atoms with Gasteiger partial charge in [-0.15, -0.1) is 0 Å². The van der Waals surface area contributed by atoms with Crippen LogP contribution in [0.25, 0.3) is 49.7 Å². The third kappa shape index (κ3) is 3.50. The van der Waals surface area contributed by atoms with Gasteiger partial charge in [0.25, 0.3) is 0 Å². The zero-order valence-electron chi connectivity index (χ0n) is 19.6. The second-order valence-electron chi connectivity index (χ2n) is 9.28. The first-order valence-electron chi connectivity index (χ1n) is 12.0. The van der Waals surface area contributed by atoms with E-state index in [9.17, 15) is 0 Å². The molecule has 1 nitrogen and oxygen atoms in total. The van der Waals surface area contributed by atoms with E-state index in [4.69, 9.17) is 0 Å². The molecule has 6 rings (SSSR count). The van der Waals surface area contributed by atoms with Crippen LogP contribution in [0.5, 0.6) is 0 Å². The summed E-state index contributed by atoms with van der Waals surface area (Å²) in [6.45, 7) is 4.47. The average molecular weight is 438 g/mol. The van der Waals surface area contributed by atoms with Crippen molar-refractivity contribution in [2.45, 2.75) is 19.8 Å². The first-order valence-corrected chi connectivity index (χ1v) is 12.0. The first-order chi connectivity index (χ1) is 16.7. The Labute approximate surface area is 200 Å². The van der Waals surface area contributed by atoms with Crippen molar-refractivity contribution in [3.8, 4) is 27.9 Å². The highest BCUT2D eigenvalue weighted by atomic mass is 15.0. The van der Waals surface area contributed by atoms with Crippen molar-refractivity contribution in [1.29, 1.82) is 0 Å². The molecule has 0 saturated carbocycles. The third-order valence-corrected chi connectivity index (χ3v) is 6.79. The van der Waals surface area contributed by atoms with E-state index < -0.39 is 0 Å². The number of para-hydroxylation sites is 2. The number of nitrogens with zero attached hydrogens (tertiary/aromatic N) is 1. The molecule has 5 aromatic carbocycles. The van der Waals surface area contributed by atoms with Crippen molar-refractivity contribution in [1.82, 2.24) is 4.57 Å². The molecule has 1 aromatic heterocycles. The molecule has 0 bridgehead atoms. The highest BCUT2D eigenvalue weighted by Gasteiger charge is 2.13. The number of hydrogen-bond donors (Lipinski definition) is 0. The van der Waals surface area contributed by atoms with Gasteiger partial charge in [-0.3, -0.25) is 0 Å². The summed E-state index contributed by atoms with van der Waals surface area (Å²) in [6.07, 6.45) is 0. The van der Waals surface area contributed by atoms with E-state index in [1.807, 2.05) is 0 Å². The Kier molecular flexibility index (Phi) is 5.04. The molecule has 0 radical (unpaired) electrons. The van der Waals surface area contributed by atoms with Gasteiger partial charge in [0.1, 0.15) is 0 Å². The Balaban J connectivity index is 1.48. The van der Waals surface area contributed by atoms with Gasteiger partial charge in [0.05, 0.1) is 11.0 Å². The molecule has 0 spiro atoms. The maximum atomic E-state index is 2.36. The normalized spacial score (nSPS) is 11.5. The molecule has 164 valence electrons. The van der Waals surface area contributed by atoms with E-state index in [1.165, 1.54) is 55.3 Å². The van der Waals surface area contributed by atoms with Crippen LogP contribution in [0.15, 0.2) is 121 Å². The van der Waals surface area contributed by atoms with E-state index in [0.717, 1.165) is 0 Å². The lowest BCUT2D eigenvalue weighted by Gasteiger charge is -2.10. The fourth-order valence-electron chi connectivity index (χ4n) is 4.95. The summed E-state index contributed by atoms with van der Waals surface area (Å²) in [5.41, 5.74) is 10.0. The quantitative estimate of drug-likeness (QED) is 0.259. The van der Waals surface area contributed by atoms with Crippen molar-refractivity contribution in [3.05, 3.63) is 127 Å². The van der Waals surface area contributed by atoms with Crippen molar-refractivity contribution in [3.63, 3.8) is 0 Å². The van der Waals surface area contributed by atoms with E-state index in [-0.39, 0.29) is 0 Å². The van der Waals surface area contributed by atoms with Crippen molar-refractivity contribution in [2.24, 2.45) is 0 Å². The molecule has 0 amide bonds. The van der Waals surface area contributed by atoms with Crippen LogP contribution in [-0.4, -0.2) is 4.57 Å². The average Bonchev–Trinajstić information content (AvgIpc) is 3.23. The standard InChI is InChI=1S/C33H27N/c1-23(2)24-15-17-25(18-16-24)26-9-8-10-27(21-26)28-19-20-33-31(22-28)30-13-6-7-14-32(30)34(33)29-11-4-3-5-12-29/h3-23H,1-2H3. The zero-order valence-corrected chi connectivity index (χ0v) is 19.6. The summed E-state index contributed by atoms with van der Waals surface area (Å²) in [6, 6.07) is 44.0. The van der Waals surface area contributed by atoms with Crippen molar-refractivity contribution in [2.75, 3.05) is 0 Å². The van der Waals surface area contributed by atoms with Gasteiger partial charge < -0.3 is 4.57 Å². The largest absolute Gasteiger partial charge is 0.309 e. The lowest BCUT2D eigenvalue weighted by atomic mass is 9.96. The Morgan fingerprint density at radius 3 is 1.85 bits per heavy atom. The molecule has 0 aliphatic rings. The highest BCUT2D eigenvalue weighted by molar-refractivity contribution is 6.10. The fraction of sp³-hybridized carbons (Fsp3) is 0.0909. The molecule has 34 heavy (non-hydrogen) atoms. The fourth-order valence-corrected chi connectivity index (χ4v) is 4.95. The van der Waals surface area contributed by atoms with E-state index in [1.54, 1.807) is 0 Å². The number of rotatable bonds is 4. The summed E-state index contributed by atoms with van der Waals surface area (Å²) in [7, 11) is 0. The topological polar surface area (TPSA) is 4.93 Å². The number of benzene rings is 5. The molecule has 0 saturated heterocycles. The number of aromatic nitrogens is 1. The van der Waals surface area contributed by atoms with Crippen LogP contribution in [0.1, 0.15) is 25.3 Å². The maximum Gasteiger partial charge on any atom is 0.0541 e. The van der Waals surface area contributed by atoms with Crippen LogP contribution in [0.2, 0.25) is 0 Å². The molecule has 0 atom stereocenters. The third-order valence-electron chi connectivity index (χ3n) is 6.79. The minimum Gasteiger partial charge on any atom is -0.309 e. The summed E-state index contributed by atoms with van der Waals surface area (Å²) in [5, 5.41) is 2.56. The monoisotopic (exact) mass is 437 g/mol. The second-order valence-corrected chi connectivity index (χ2v) is 9.28. The lowest BCUT2D eigenvalue weighted by Crippen LogP contribution is -1.92. The molecule has 1 heterocycles. The summed E-state index contributed by atoms with van der Waals surface area (Å²) >= 11 is 0. The van der Waals surface area contributed by atoms with E-state index in [0.29, 0.717) is 5.92 Å². The number of hydrogen-bond acceptors (Lipinski definition) is 0. The molecule has 1 heteroatoms. The molecule has 0 N–H and O–H groups in total. The van der Waals surface area contributed by atoms with Gasteiger partial charge in [-0.05, 0) is 70.1 Å². The maximum absolute atomic E-state index is 2.36. The zero-order chi connectivity index (χ0) is 23.1. The van der Waals surface area contributed by atoms with Crippen LogP contribution in [0, 0.1) is 0 Å². The Morgan fingerprint density at radius 2 is 1.09 bits per heavy atom. The second kappa shape index (κ2) is 8.35. The van der Waals surface area contributed by atoms with Gasteiger partial charge in [-0.25, -0.2) is 0 Å². The molecule has 0 aliphatic heterocycles. The van der Waals surface area contributed by atoms with Crippen LogP contribution in [0.4, 0.5) is 0 Å². The summed E-state index contributed by atoms with van der Waals surface area (Å²) in [4.78, 5) is 0. The molecule has 0 fully saturated rings.